The highest BCUT2D eigenvalue weighted by Gasteiger charge is 2.21. The Kier molecular flexibility index (Phi) is 6.62. The monoisotopic (exact) mass is 306 g/mol. The van der Waals surface area contributed by atoms with Crippen molar-refractivity contribution in [3.8, 4) is 0 Å². The van der Waals surface area contributed by atoms with E-state index < -0.39 is 17.8 Å². The minimum absolute atomic E-state index is 0.119. The lowest BCUT2D eigenvalue weighted by atomic mass is 10.1. The lowest BCUT2D eigenvalue weighted by molar-refractivity contribution is -0.146. The first-order chi connectivity index (χ1) is 10.5. The van der Waals surface area contributed by atoms with E-state index in [-0.39, 0.29) is 24.4 Å². The second kappa shape index (κ2) is 8.46. The van der Waals surface area contributed by atoms with E-state index in [2.05, 4.69) is 5.32 Å². The summed E-state index contributed by atoms with van der Waals surface area (Å²) in [4.78, 5) is 34.9. The number of carbonyl (C=O) groups is 3. The highest BCUT2D eigenvalue weighted by atomic mass is 16.6. The van der Waals surface area contributed by atoms with Crippen molar-refractivity contribution in [1.82, 2.24) is 0 Å². The maximum absolute atomic E-state index is 11.8. The van der Waals surface area contributed by atoms with E-state index in [4.69, 9.17) is 15.2 Å². The minimum Gasteiger partial charge on any atom is -0.462 e. The molecule has 0 heterocycles. The molecule has 7 heteroatoms. The van der Waals surface area contributed by atoms with Crippen LogP contribution >= 0.6 is 0 Å². The predicted molar refractivity (Wildman–Crippen MR) is 79.9 cm³/mol. The van der Waals surface area contributed by atoms with Crippen LogP contribution in [-0.2, 0) is 19.1 Å². The first kappa shape index (κ1) is 17.2. The van der Waals surface area contributed by atoms with Gasteiger partial charge in [0.25, 0.3) is 5.91 Å². The van der Waals surface area contributed by atoms with Crippen LogP contribution in [0.5, 0.6) is 0 Å². The van der Waals surface area contributed by atoms with Gasteiger partial charge in [0.15, 0.2) is 5.57 Å². The summed E-state index contributed by atoms with van der Waals surface area (Å²) >= 11 is 0. The molecule has 0 aliphatic carbocycles. The number of esters is 2. The molecule has 118 valence electrons. The second-order valence-corrected chi connectivity index (χ2v) is 4.05. The third-order valence-electron chi connectivity index (χ3n) is 2.56. The quantitative estimate of drug-likeness (QED) is 0.339. The zero-order chi connectivity index (χ0) is 16.5. The maximum Gasteiger partial charge on any atom is 0.347 e. The normalized spacial score (nSPS) is 9.55. The van der Waals surface area contributed by atoms with Crippen molar-refractivity contribution in [2.45, 2.75) is 13.8 Å². The molecule has 1 aromatic carbocycles. The zero-order valence-corrected chi connectivity index (χ0v) is 12.4. The number of benzene rings is 1. The molecule has 0 bridgehead atoms. The topological polar surface area (TPSA) is 108 Å². The number of hydrogen-bond acceptors (Lipinski definition) is 6. The highest BCUT2D eigenvalue weighted by Crippen LogP contribution is 2.15. The van der Waals surface area contributed by atoms with Crippen molar-refractivity contribution in [1.29, 1.82) is 0 Å². The lowest BCUT2D eigenvalue weighted by Gasteiger charge is -2.09. The van der Waals surface area contributed by atoms with Crippen LogP contribution in [-0.4, -0.2) is 31.1 Å². The molecule has 1 rings (SSSR count). The number of amides is 1. The Balaban J connectivity index is 3.05. The molecule has 22 heavy (non-hydrogen) atoms. The number of rotatable bonds is 7. The van der Waals surface area contributed by atoms with Gasteiger partial charge in [-0.25, -0.2) is 9.59 Å². The van der Waals surface area contributed by atoms with Gasteiger partial charge in [0.1, 0.15) is 0 Å². The Morgan fingerprint density at radius 2 is 1.64 bits per heavy atom. The van der Waals surface area contributed by atoms with E-state index in [0.29, 0.717) is 5.69 Å². The van der Waals surface area contributed by atoms with Crippen molar-refractivity contribution in [2.75, 3.05) is 18.5 Å². The number of para-hydroxylation sites is 1. The molecule has 0 unspecified atom stereocenters. The van der Waals surface area contributed by atoms with Crippen LogP contribution in [0.1, 0.15) is 24.2 Å². The van der Waals surface area contributed by atoms with Crippen LogP contribution in [0.25, 0.3) is 0 Å². The fraction of sp³-hybridized carbons (Fsp3) is 0.267. The van der Waals surface area contributed by atoms with Gasteiger partial charge in [0.2, 0.25) is 0 Å². The Morgan fingerprint density at radius 1 is 1.09 bits per heavy atom. The molecule has 0 atom stereocenters. The number of nitrogens with one attached hydrogen (secondary N) is 1. The van der Waals surface area contributed by atoms with Gasteiger partial charge in [-0.1, -0.05) is 12.1 Å². The summed E-state index contributed by atoms with van der Waals surface area (Å²) in [5.74, 6) is -2.26. The van der Waals surface area contributed by atoms with E-state index in [1.807, 2.05) is 0 Å². The van der Waals surface area contributed by atoms with E-state index in [1.165, 1.54) is 6.07 Å². The van der Waals surface area contributed by atoms with E-state index in [0.717, 1.165) is 6.20 Å². The van der Waals surface area contributed by atoms with Crippen molar-refractivity contribution >= 4 is 23.5 Å². The summed E-state index contributed by atoms with van der Waals surface area (Å²) in [5, 5.41) is 2.71. The van der Waals surface area contributed by atoms with Gasteiger partial charge in [0.05, 0.1) is 24.5 Å². The lowest BCUT2D eigenvalue weighted by Crippen LogP contribution is -2.20. The number of nitrogens with two attached hydrogens (primary N) is 1. The number of ether oxygens (including phenoxy) is 2. The Morgan fingerprint density at radius 3 is 2.14 bits per heavy atom. The molecule has 0 radical (unpaired) electrons. The van der Waals surface area contributed by atoms with Crippen molar-refractivity contribution in [2.24, 2.45) is 5.73 Å². The molecule has 0 aliphatic rings. The second-order valence-electron chi connectivity index (χ2n) is 4.05. The molecular formula is C15H18N2O5. The van der Waals surface area contributed by atoms with Crippen LogP contribution in [0, 0.1) is 0 Å². The number of carbonyl (C=O) groups excluding carboxylic acids is 3. The molecule has 1 aromatic rings. The van der Waals surface area contributed by atoms with Crippen LogP contribution < -0.4 is 11.1 Å². The van der Waals surface area contributed by atoms with Gasteiger partial charge in [-0.05, 0) is 26.0 Å². The van der Waals surface area contributed by atoms with Crippen LogP contribution in [0.15, 0.2) is 36.0 Å². The SMILES string of the molecule is CCOC(=O)C(=CNc1ccccc1C(N)=O)C(=O)OCC. The van der Waals surface area contributed by atoms with Crippen molar-refractivity contribution < 1.29 is 23.9 Å². The molecule has 0 aromatic heterocycles. The standard InChI is InChI=1S/C15H18N2O5/c1-3-21-14(19)11(15(20)22-4-2)9-17-12-8-6-5-7-10(12)13(16)18/h5-9,17H,3-4H2,1-2H3,(H2,16,18). The van der Waals surface area contributed by atoms with E-state index in [1.54, 1.807) is 32.0 Å². The third-order valence-corrected chi connectivity index (χ3v) is 2.56. The first-order valence-electron chi connectivity index (χ1n) is 6.71. The Labute approximate surface area is 128 Å². The Bertz CT molecular complexity index is 575. The highest BCUT2D eigenvalue weighted by molar-refractivity contribution is 6.14. The average molecular weight is 306 g/mol. The summed E-state index contributed by atoms with van der Waals surface area (Å²) < 4.78 is 9.60. The first-order valence-corrected chi connectivity index (χ1v) is 6.71. The maximum atomic E-state index is 11.8. The minimum atomic E-state index is -0.815. The molecule has 0 aliphatic heterocycles. The van der Waals surface area contributed by atoms with Gasteiger partial charge in [-0.3, -0.25) is 4.79 Å². The fourth-order valence-corrected chi connectivity index (χ4v) is 1.59. The molecule has 1 amide bonds. The molecule has 7 nitrogen and oxygen atoms in total. The molecule has 0 fully saturated rings. The van der Waals surface area contributed by atoms with Gasteiger partial charge < -0.3 is 20.5 Å². The molecule has 0 spiro atoms. The predicted octanol–water partition coefficient (Wildman–Crippen LogP) is 1.21. The summed E-state index contributed by atoms with van der Waals surface area (Å²) in [6, 6.07) is 6.43. The van der Waals surface area contributed by atoms with Gasteiger partial charge in [-0.15, -0.1) is 0 Å². The summed E-state index contributed by atoms with van der Waals surface area (Å²) in [7, 11) is 0. The van der Waals surface area contributed by atoms with Gasteiger partial charge >= 0.3 is 11.9 Å². The molecule has 0 saturated heterocycles. The average Bonchev–Trinajstić information content (AvgIpc) is 2.48. The van der Waals surface area contributed by atoms with E-state index >= 15 is 0 Å². The van der Waals surface area contributed by atoms with Crippen LogP contribution in [0.3, 0.4) is 0 Å². The van der Waals surface area contributed by atoms with Crippen LogP contribution in [0.2, 0.25) is 0 Å². The summed E-state index contributed by atoms with van der Waals surface area (Å²) in [6.07, 6.45) is 1.14. The zero-order valence-electron chi connectivity index (χ0n) is 12.4. The number of hydrogen-bond donors (Lipinski definition) is 2. The number of anilines is 1. The van der Waals surface area contributed by atoms with Gasteiger partial charge in [0, 0.05) is 6.20 Å². The molecule has 0 saturated carbocycles. The smallest absolute Gasteiger partial charge is 0.347 e. The van der Waals surface area contributed by atoms with Crippen LogP contribution in [0.4, 0.5) is 5.69 Å². The number of primary amides is 1. The Hall–Kier alpha value is -2.83. The summed E-state index contributed by atoms with van der Waals surface area (Å²) in [5.41, 5.74) is 5.54. The van der Waals surface area contributed by atoms with Crippen molar-refractivity contribution in [3.05, 3.63) is 41.6 Å². The third kappa shape index (κ3) is 4.62. The van der Waals surface area contributed by atoms with Crippen molar-refractivity contribution in [3.63, 3.8) is 0 Å². The van der Waals surface area contributed by atoms with Gasteiger partial charge in [-0.2, -0.15) is 0 Å². The largest absolute Gasteiger partial charge is 0.462 e. The van der Waals surface area contributed by atoms with E-state index in [9.17, 15) is 14.4 Å². The molecule has 3 N–H and O–H groups in total. The summed E-state index contributed by atoms with van der Waals surface area (Å²) in [6.45, 7) is 3.48. The molecular weight excluding hydrogens is 288 g/mol. The fourth-order valence-electron chi connectivity index (χ4n) is 1.59.